The number of rotatable bonds is 4. The van der Waals surface area contributed by atoms with Crippen LogP contribution in [0.2, 0.25) is 0 Å². The molecule has 0 spiro atoms. The van der Waals surface area contributed by atoms with Crippen molar-refractivity contribution in [1.82, 2.24) is 5.32 Å². The first-order valence-electron chi connectivity index (χ1n) is 7.57. The van der Waals surface area contributed by atoms with Crippen LogP contribution in [-0.2, 0) is 10.3 Å². The Morgan fingerprint density at radius 3 is 2.17 bits per heavy atom. The molecule has 0 radical (unpaired) electrons. The molecule has 1 aliphatic carbocycles. The topological polar surface area (TPSA) is 55.4 Å². The van der Waals surface area contributed by atoms with Crippen molar-refractivity contribution in [3.63, 3.8) is 0 Å². The normalized spacial score (nSPS) is 15.1. The highest BCUT2D eigenvalue weighted by Gasteiger charge is 2.31. The number of amides is 1. The summed E-state index contributed by atoms with van der Waals surface area (Å²) in [7, 11) is 1.60. The predicted octanol–water partition coefficient (Wildman–Crippen LogP) is 3.02. The zero-order valence-corrected chi connectivity index (χ0v) is 13.2. The van der Waals surface area contributed by atoms with Gasteiger partial charge in [-0.05, 0) is 54.1 Å². The van der Waals surface area contributed by atoms with Gasteiger partial charge in [-0.15, -0.1) is 0 Å². The van der Waals surface area contributed by atoms with E-state index >= 15 is 0 Å². The van der Waals surface area contributed by atoms with Gasteiger partial charge in [-0.1, -0.05) is 30.3 Å². The van der Waals surface area contributed by atoms with Crippen molar-refractivity contribution in [3.8, 4) is 5.75 Å². The minimum absolute atomic E-state index is 0.104. The summed E-state index contributed by atoms with van der Waals surface area (Å²) in [5.41, 5.74) is 0.532. The first-order chi connectivity index (χ1) is 11.6. The van der Waals surface area contributed by atoms with Crippen LogP contribution in [0.1, 0.15) is 15.9 Å². The number of ether oxygens (including phenoxy) is 1. The third kappa shape index (κ3) is 3.13. The van der Waals surface area contributed by atoms with Crippen LogP contribution in [0, 0.1) is 0 Å². The summed E-state index contributed by atoms with van der Waals surface area (Å²) in [4.78, 5) is 24.1. The standard InChI is InChI=1S/C20H17NO3/c1-24-18-9-7-16(8-10-18)20(13-11-17(22)12-14-20)21-19(23)15-5-3-2-4-6-15/h2-14H,1H3,(H,21,23). The quantitative estimate of drug-likeness (QED) is 0.942. The average Bonchev–Trinajstić information content (AvgIpc) is 2.64. The van der Waals surface area contributed by atoms with Crippen LogP contribution in [0.15, 0.2) is 78.9 Å². The van der Waals surface area contributed by atoms with E-state index in [9.17, 15) is 9.59 Å². The monoisotopic (exact) mass is 319 g/mol. The Morgan fingerprint density at radius 2 is 1.58 bits per heavy atom. The minimum Gasteiger partial charge on any atom is -0.497 e. The van der Waals surface area contributed by atoms with E-state index in [1.54, 1.807) is 31.4 Å². The Balaban J connectivity index is 1.97. The van der Waals surface area contributed by atoms with Gasteiger partial charge in [0.1, 0.15) is 11.3 Å². The molecule has 0 aliphatic heterocycles. The van der Waals surface area contributed by atoms with Gasteiger partial charge in [-0.25, -0.2) is 0 Å². The molecule has 4 heteroatoms. The zero-order chi connectivity index (χ0) is 17.0. The van der Waals surface area contributed by atoms with E-state index in [0.717, 1.165) is 11.3 Å². The van der Waals surface area contributed by atoms with Gasteiger partial charge < -0.3 is 10.1 Å². The van der Waals surface area contributed by atoms with Crippen LogP contribution in [-0.4, -0.2) is 18.8 Å². The molecule has 0 unspecified atom stereocenters. The maximum Gasteiger partial charge on any atom is 0.252 e. The van der Waals surface area contributed by atoms with Crippen LogP contribution in [0.4, 0.5) is 0 Å². The Labute approximate surface area is 140 Å². The number of methoxy groups -OCH3 is 1. The van der Waals surface area contributed by atoms with Crippen molar-refractivity contribution in [2.75, 3.05) is 7.11 Å². The molecule has 0 saturated carbocycles. The van der Waals surface area contributed by atoms with Crippen LogP contribution in [0.5, 0.6) is 5.75 Å². The molecule has 24 heavy (non-hydrogen) atoms. The van der Waals surface area contributed by atoms with Gasteiger partial charge in [0.25, 0.3) is 5.91 Å². The highest BCUT2D eigenvalue weighted by Crippen LogP contribution is 2.29. The number of benzene rings is 2. The average molecular weight is 319 g/mol. The van der Waals surface area contributed by atoms with Crippen molar-refractivity contribution in [2.24, 2.45) is 0 Å². The molecular weight excluding hydrogens is 302 g/mol. The summed E-state index contributed by atoms with van der Waals surface area (Å²) < 4.78 is 5.18. The number of allylic oxidation sites excluding steroid dienone is 2. The molecule has 120 valence electrons. The number of nitrogens with one attached hydrogen (secondary N) is 1. The van der Waals surface area contributed by atoms with Gasteiger partial charge in [-0.2, -0.15) is 0 Å². The molecule has 0 fully saturated rings. The largest absolute Gasteiger partial charge is 0.497 e. The SMILES string of the molecule is COc1ccc(C2(NC(=O)c3ccccc3)C=CC(=O)C=C2)cc1. The second-order valence-electron chi connectivity index (χ2n) is 5.49. The summed E-state index contributed by atoms with van der Waals surface area (Å²) >= 11 is 0. The van der Waals surface area contributed by atoms with Gasteiger partial charge >= 0.3 is 0 Å². The number of hydrogen-bond acceptors (Lipinski definition) is 3. The van der Waals surface area contributed by atoms with Crippen molar-refractivity contribution in [1.29, 1.82) is 0 Å². The van der Waals surface area contributed by atoms with Crippen LogP contribution in [0.25, 0.3) is 0 Å². The molecule has 3 rings (SSSR count). The Morgan fingerprint density at radius 1 is 0.958 bits per heavy atom. The third-order valence-electron chi connectivity index (χ3n) is 3.95. The number of ketones is 1. The summed E-state index contributed by atoms with van der Waals surface area (Å²) in [5, 5.41) is 3.02. The summed E-state index contributed by atoms with van der Waals surface area (Å²) in [6.07, 6.45) is 6.35. The Hall–Kier alpha value is -3.14. The van der Waals surface area contributed by atoms with Gasteiger partial charge in [0.2, 0.25) is 0 Å². The van der Waals surface area contributed by atoms with E-state index in [4.69, 9.17) is 4.74 Å². The lowest BCUT2D eigenvalue weighted by atomic mass is 9.85. The second kappa shape index (κ2) is 6.54. The zero-order valence-electron chi connectivity index (χ0n) is 13.2. The van der Waals surface area contributed by atoms with Crippen LogP contribution in [0.3, 0.4) is 0 Å². The van der Waals surface area contributed by atoms with E-state index in [-0.39, 0.29) is 11.7 Å². The molecule has 1 aliphatic rings. The molecule has 0 bridgehead atoms. The van der Waals surface area contributed by atoms with Gasteiger partial charge in [0.05, 0.1) is 7.11 Å². The molecule has 2 aromatic carbocycles. The Bertz CT molecular complexity index is 789. The van der Waals surface area contributed by atoms with E-state index in [2.05, 4.69) is 5.32 Å². The van der Waals surface area contributed by atoms with Crippen LogP contribution < -0.4 is 10.1 Å². The second-order valence-corrected chi connectivity index (χ2v) is 5.49. The fourth-order valence-electron chi connectivity index (χ4n) is 2.60. The summed E-state index contributed by atoms with van der Waals surface area (Å²) in [6.45, 7) is 0. The van der Waals surface area contributed by atoms with Crippen molar-refractivity contribution < 1.29 is 14.3 Å². The number of hydrogen-bond donors (Lipinski definition) is 1. The predicted molar refractivity (Wildman–Crippen MR) is 91.9 cm³/mol. The summed E-state index contributed by atoms with van der Waals surface area (Å²) in [5.74, 6) is 0.409. The molecule has 1 N–H and O–H groups in total. The molecule has 4 nitrogen and oxygen atoms in total. The van der Waals surface area contributed by atoms with Gasteiger partial charge in [-0.3, -0.25) is 9.59 Å². The minimum atomic E-state index is -0.868. The lowest BCUT2D eigenvalue weighted by Crippen LogP contribution is -2.44. The molecule has 0 heterocycles. The first kappa shape index (κ1) is 15.7. The highest BCUT2D eigenvalue weighted by atomic mass is 16.5. The van der Waals surface area contributed by atoms with E-state index in [0.29, 0.717) is 5.56 Å². The maximum atomic E-state index is 12.6. The fourth-order valence-corrected chi connectivity index (χ4v) is 2.60. The van der Waals surface area contributed by atoms with Crippen molar-refractivity contribution in [2.45, 2.75) is 5.54 Å². The summed E-state index contributed by atoms with van der Waals surface area (Å²) in [6, 6.07) is 16.4. The van der Waals surface area contributed by atoms with E-state index in [1.807, 2.05) is 42.5 Å². The molecule has 0 atom stereocenters. The van der Waals surface area contributed by atoms with E-state index < -0.39 is 5.54 Å². The maximum absolute atomic E-state index is 12.6. The molecule has 0 saturated heterocycles. The highest BCUT2D eigenvalue weighted by molar-refractivity contribution is 6.01. The van der Waals surface area contributed by atoms with E-state index in [1.165, 1.54) is 12.2 Å². The molecule has 0 aromatic heterocycles. The molecule has 2 aromatic rings. The molecule has 1 amide bonds. The lowest BCUT2D eigenvalue weighted by Gasteiger charge is -2.31. The van der Waals surface area contributed by atoms with Gasteiger partial charge in [0, 0.05) is 5.56 Å². The van der Waals surface area contributed by atoms with Crippen molar-refractivity contribution >= 4 is 11.7 Å². The fraction of sp³-hybridized carbons (Fsp3) is 0.100. The smallest absolute Gasteiger partial charge is 0.252 e. The Kier molecular flexibility index (Phi) is 4.29. The van der Waals surface area contributed by atoms with Gasteiger partial charge in [0.15, 0.2) is 5.78 Å². The third-order valence-corrected chi connectivity index (χ3v) is 3.95. The van der Waals surface area contributed by atoms with Crippen LogP contribution >= 0.6 is 0 Å². The molecular formula is C20H17NO3. The number of carbonyl (C=O) groups is 2. The first-order valence-corrected chi connectivity index (χ1v) is 7.57. The number of carbonyl (C=O) groups excluding carboxylic acids is 2. The lowest BCUT2D eigenvalue weighted by molar-refractivity contribution is -0.110. The van der Waals surface area contributed by atoms with Crippen molar-refractivity contribution in [3.05, 3.63) is 90.0 Å².